The summed E-state index contributed by atoms with van der Waals surface area (Å²) in [6, 6.07) is 4.75. The number of hydrogen-bond donors (Lipinski definition) is 0. The molecule has 160 valence electrons. The van der Waals surface area contributed by atoms with Gasteiger partial charge in [0.25, 0.3) is 5.91 Å². The third-order valence-electron chi connectivity index (χ3n) is 5.63. The second-order valence-corrected chi connectivity index (χ2v) is 9.63. The Balaban J connectivity index is 1.57. The lowest BCUT2D eigenvalue weighted by Gasteiger charge is -2.33. The number of benzene rings is 1. The standard InChI is InChI=1S/C20H27FN2O5S/c1-15-5-2-3-12-23(15)19(24)14-28-20(25)16-6-4-11-22(13-16)29(26,27)18-9-7-17(21)8-10-18/h7-10,15-16H,2-6,11-14H2,1H3. The van der Waals surface area contributed by atoms with Crippen molar-refractivity contribution >= 4 is 21.9 Å². The molecule has 3 rings (SSSR count). The summed E-state index contributed by atoms with van der Waals surface area (Å²) in [6.07, 6.45) is 3.99. The number of halogens is 1. The summed E-state index contributed by atoms with van der Waals surface area (Å²) in [6.45, 7) is 2.62. The van der Waals surface area contributed by atoms with Crippen molar-refractivity contribution in [3.05, 3.63) is 30.1 Å². The van der Waals surface area contributed by atoms with E-state index in [1.54, 1.807) is 4.90 Å². The third kappa shape index (κ3) is 5.14. The van der Waals surface area contributed by atoms with Crippen LogP contribution in [0, 0.1) is 11.7 Å². The topological polar surface area (TPSA) is 84.0 Å². The van der Waals surface area contributed by atoms with Gasteiger partial charge in [-0.2, -0.15) is 4.31 Å². The maximum Gasteiger partial charge on any atom is 0.310 e. The fraction of sp³-hybridized carbons (Fsp3) is 0.600. The summed E-state index contributed by atoms with van der Waals surface area (Å²) in [4.78, 5) is 26.5. The number of rotatable bonds is 5. The Morgan fingerprint density at radius 3 is 2.52 bits per heavy atom. The molecule has 1 amide bonds. The van der Waals surface area contributed by atoms with Gasteiger partial charge >= 0.3 is 5.97 Å². The molecule has 0 bridgehead atoms. The van der Waals surface area contributed by atoms with Crippen molar-refractivity contribution < 1.29 is 27.1 Å². The van der Waals surface area contributed by atoms with Crippen molar-refractivity contribution in [1.29, 1.82) is 0 Å². The number of ether oxygens (including phenoxy) is 1. The van der Waals surface area contributed by atoms with E-state index in [4.69, 9.17) is 4.74 Å². The van der Waals surface area contributed by atoms with E-state index in [9.17, 15) is 22.4 Å². The Labute approximate surface area is 170 Å². The number of likely N-dealkylation sites (tertiary alicyclic amines) is 1. The second kappa shape index (κ2) is 9.21. The fourth-order valence-electron chi connectivity index (χ4n) is 3.91. The highest BCUT2D eigenvalue weighted by Crippen LogP contribution is 2.25. The predicted molar refractivity (Wildman–Crippen MR) is 104 cm³/mol. The molecular formula is C20H27FN2O5S. The van der Waals surface area contributed by atoms with Gasteiger partial charge in [0.2, 0.25) is 10.0 Å². The zero-order chi connectivity index (χ0) is 21.0. The van der Waals surface area contributed by atoms with Crippen LogP contribution in [-0.4, -0.2) is 61.8 Å². The first kappa shape index (κ1) is 21.7. The van der Waals surface area contributed by atoms with E-state index in [-0.39, 0.29) is 36.5 Å². The van der Waals surface area contributed by atoms with Crippen molar-refractivity contribution in [2.75, 3.05) is 26.2 Å². The maximum atomic E-state index is 13.1. The minimum Gasteiger partial charge on any atom is -0.455 e. The van der Waals surface area contributed by atoms with E-state index in [0.717, 1.165) is 31.4 Å². The van der Waals surface area contributed by atoms with Crippen molar-refractivity contribution in [3.8, 4) is 0 Å². The highest BCUT2D eigenvalue weighted by Gasteiger charge is 2.34. The van der Waals surface area contributed by atoms with Crippen molar-refractivity contribution in [2.24, 2.45) is 5.92 Å². The lowest BCUT2D eigenvalue weighted by Crippen LogP contribution is -2.45. The summed E-state index contributed by atoms with van der Waals surface area (Å²) >= 11 is 0. The number of esters is 1. The average molecular weight is 427 g/mol. The summed E-state index contributed by atoms with van der Waals surface area (Å²) in [5.41, 5.74) is 0. The monoisotopic (exact) mass is 426 g/mol. The second-order valence-electron chi connectivity index (χ2n) is 7.70. The van der Waals surface area contributed by atoms with Crippen LogP contribution in [0.4, 0.5) is 4.39 Å². The van der Waals surface area contributed by atoms with Gasteiger partial charge in [0.1, 0.15) is 5.82 Å². The first-order chi connectivity index (χ1) is 13.8. The lowest BCUT2D eigenvalue weighted by atomic mass is 10.00. The number of amides is 1. The molecule has 2 atom stereocenters. The van der Waals surface area contributed by atoms with Gasteiger partial charge in [-0.25, -0.2) is 12.8 Å². The molecule has 2 aliphatic rings. The van der Waals surface area contributed by atoms with Gasteiger partial charge in [0.15, 0.2) is 6.61 Å². The van der Waals surface area contributed by atoms with Crippen LogP contribution < -0.4 is 0 Å². The molecule has 0 spiro atoms. The van der Waals surface area contributed by atoms with Crippen LogP contribution in [0.2, 0.25) is 0 Å². The summed E-state index contributed by atoms with van der Waals surface area (Å²) in [5, 5.41) is 0. The Bertz CT molecular complexity index is 843. The van der Waals surface area contributed by atoms with Gasteiger partial charge in [-0.3, -0.25) is 9.59 Å². The smallest absolute Gasteiger partial charge is 0.310 e. The number of sulfonamides is 1. The Morgan fingerprint density at radius 1 is 1.10 bits per heavy atom. The third-order valence-corrected chi connectivity index (χ3v) is 7.51. The molecule has 2 saturated heterocycles. The van der Waals surface area contributed by atoms with Crippen LogP contribution in [0.25, 0.3) is 0 Å². The Morgan fingerprint density at radius 2 is 1.83 bits per heavy atom. The van der Waals surface area contributed by atoms with Crippen molar-refractivity contribution in [1.82, 2.24) is 9.21 Å². The van der Waals surface area contributed by atoms with Crippen LogP contribution in [0.5, 0.6) is 0 Å². The van der Waals surface area contributed by atoms with Crippen LogP contribution in [0.1, 0.15) is 39.0 Å². The summed E-state index contributed by atoms with van der Waals surface area (Å²) < 4.78 is 45.1. The molecule has 2 heterocycles. The predicted octanol–water partition coefficient (Wildman–Crippen LogP) is 2.17. The normalized spacial score (nSPS) is 23.6. The molecule has 0 saturated carbocycles. The molecule has 0 N–H and O–H groups in total. The number of carbonyl (C=O) groups excluding carboxylic acids is 2. The van der Waals surface area contributed by atoms with Gasteiger partial charge in [-0.05, 0) is 63.3 Å². The zero-order valence-corrected chi connectivity index (χ0v) is 17.4. The molecule has 0 aliphatic carbocycles. The number of hydrogen-bond acceptors (Lipinski definition) is 5. The minimum atomic E-state index is -3.82. The number of piperidine rings is 2. The molecule has 9 heteroatoms. The summed E-state index contributed by atoms with van der Waals surface area (Å²) in [7, 11) is -3.82. The van der Waals surface area contributed by atoms with Crippen LogP contribution in [-0.2, 0) is 24.3 Å². The van der Waals surface area contributed by atoms with E-state index in [0.29, 0.717) is 19.4 Å². The first-order valence-corrected chi connectivity index (χ1v) is 11.4. The molecule has 7 nitrogen and oxygen atoms in total. The molecular weight excluding hydrogens is 399 g/mol. The first-order valence-electron chi connectivity index (χ1n) is 10.0. The van der Waals surface area contributed by atoms with E-state index in [2.05, 4.69) is 0 Å². The number of nitrogens with zero attached hydrogens (tertiary/aromatic N) is 2. The highest BCUT2D eigenvalue weighted by molar-refractivity contribution is 7.89. The Hall–Kier alpha value is -2.00. The van der Waals surface area contributed by atoms with Crippen LogP contribution >= 0.6 is 0 Å². The minimum absolute atomic E-state index is 0.00709. The quantitative estimate of drug-likeness (QED) is 0.674. The van der Waals surface area contributed by atoms with E-state index in [1.165, 1.54) is 16.4 Å². The molecule has 0 aromatic heterocycles. The zero-order valence-electron chi connectivity index (χ0n) is 16.5. The molecule has 1 aromatic rings. The molecule has 2 unspecified atom stereocenters. The maximum absolute atomic E-state index is 13.1. The van der Waals surface area contributed by atoms with E-state index >= 15 is 0 Å². The number of carbonyl (C=O) groups is 2. The SMILES string of the molecule is CC1CCCCN1C(=O)COC(=O)C1CCCN(S(=O)(=O)c2ccc(F)cc2)C1. The fourth-order valence-corrected chi connectivity index (χ4v) is 5.43. The molecule has 2 fully saturated rings. The van der Waals surface area contributed by atoms with Gasteiger partial charge in [0, 0.05) is 25.7 Å². The van der Waals surface area contributed by atoms with Gasteiger partial charge in [0.05, 0.1) is 10.8 Å². The van der Waals surface area contributed by atoms with Crippen LogP contribution in [0.15, 0.2) is 29.2 Å². The largest absolute Gasteiger partial charge is 0.455 e. The summed E-state index contributed by atoms with van der Waals surface area (Å²) in [5.74, 6) is -1.90. The van der Waals surface area contributed by atoms with Gasteiger partial charge in [-0.15, -0.1) is 0 Å². The van der Waals surface area contributed by atoms with E-state index in [1.807, 2.05) is 6.92 Å². The molecule has 2 aliphatic heterocycles. The van der Waals surface area contributed by atoms with Gasteiger partial charge < -0.3 is 9.64 Å². The average Bonchev–Trinajstić information content (AvgIpc) is 2.72. The van der Waals surface area contributed by atoms with E-state index < -0.39 is 27.7 Å². The van der Waals surface area contributed by atoms with Crippen LogP contribution in [0.3, 0.4) is 0 Å². The molecule has 29 heavy (non-hydrogen) atoms. The Kier molecular flexibility index (Phi) is 6.89. The molecule has 0 radical (unpaired) electrons. The highest BCUT2D eigenvalue weighted by atomic mass is 32.2. The van der Waals surface area contributed by atoms with Crippen molar-refractivity contribution in [2.45, 2.75) is 50.0 Å². The van der Waals surface area contributed by atoms with Gasteiger partial charge in [-0.1, -0.05) is 0 Å². The van der Waals surface area contributed by atoms with Crippen molar-refractivity contribution in [3.63, 3.8) is 0 Å². The molecule has 1 aromatic carbocycles. The lowest BCUT2D eigenvalue weighted by molar-refractivity contribution is -0.157.